The van der Waals surface area contributed by atoms with Gasteiger partial charge in [-0.15, -0.1) is 0 Å². The van der Waals surface area contributed by atoms with Crippen LogP contribution in [0.4, 0.5) is 5.69 Å². The normalized spacial score (nSPS) is 15.8. The topological polar surface area (TPSA) is 55.1 Å². The Morgan fingerprint density at radius 2 is 2.15 bits per heavy atom. The van der Waals surface area contributed by atoms with Gasteiger partial charge in [0, 0.05) is 12.2 Å². The van der Waals surface area contributed by atoms with E-state index in [0.717, 1.165) is 24.2 Å². The molecule has 1 aliphatic heterocycles. The van der Waals surface area contributed by atoms with Crippen LogP contribution in [0.5, 0.6) is 0 Å². The van der Waals surface area contributed by atoms with Crippen LogP contribution in [0.15, 0.2) is 18.2 Å². The Kier molecular flexibility index (Phi) is 1.93. The second kappa shape index (κ2) is 3.09. The molecule has 2 rings (SSSR count). The molecule has 0 aliphatic carbocycles. The van der Waals surface area contributed by atoms with Gasteiger partial charge in [0.2, 0.25) is 5.91 Å². The van der Waals surface area contributed by atoms with Gasteiger partial charge in [0.15, 0.2) is 0 Å². The smallest absolute Gasteiger partial charge is 0.224 e. The van der Waals surface area contributed by atoms with Crippen LogP contribution in [0.2, 0.25) is 0 Å². The van der Waals surface area contributed by atoms with Crippen molar-refractivity contribution in [3.05, 3.63) is 29.3 Å². The molecule has 0 fully saturated rings. The van der Waals surface area contributed by atoms with Crippen molar-refractivity contribution in [2.75, 3.05) is 12.3 Å². The van der Waals surface area contributed by atoms with E-state index in [9.17, 15) is 4.79 Å². The Hall–Kier alpha value is -1.51. The van der Waals surface area contributed by atoms with E-state index in [0.29, 0.717) is 6.42 Å². The molecule has 1 aromatic carbocycles. The second-order valence-electron chi connectivity index (χ2n) is 3.30. The molecule has 13 heavy (non-hydrogen) atoms. The molecule has 0 saturated carbocycles. The number of amides is 1. The van der Waals surface area contributed by atoms with Crippen LogP contribution in [0.1, 0.15) is 11.1 Å². The lowest BCUT2D eigenvalue weighted by Gasteiger charge is -2.04. The minimum Gasteiger partial charge on any atom is -0.399 e. The van der Waals surface area contributed by atoms with Crippen LogP contribution in [0.3, 0.4) is 0 Å². The van der Waals surface area contributed by atoms with E-state index >= 15 is 0 Å². The standard InChI is InChI=1S/C10H12N2O/c11-9-2-1-7-6-10(13)12-4-3-8(7)5-9/h1-2,5H,3-4,6,11H2,(H,12,13). The number of nitrogens with two attached hydrogens (primary N) is 1. The van der Waals surface area contributed by atoms with Crippen molar-refractivity contribution >= 4 is 11.6 Å². The molecule has 0 aromatic heterocycles. The molecule has 3 heteroatoms. The maximum Gasteiger partial charge on any atom is 0.224 e. The molecule has 0 bridgehead atoms. The Balaban J connectivity index is 2.40. The zero-order valence-corrected chi connectivity index (χ0v) is 7.34. The number of nitrogen functional groups attached to an aromatic ring is 1. The summed E-state index contributed by atoms with van der Waals surface area (Å²) >= 11 is 0. The molecule has 0 unspecified atom stereocenters. The molecule has 1 heterocycles. The first-order valence-corrected chi connectivity index (χ1v) is 4.40. The predicted octanol–water partition coefficient (Wildman–Crippen LogP) is 0.484. The number of benzene rings is 1. The summed E-state index contributed by atoms with van der Waals surface area (Å²) in [4.78, 5) is 11.2. The summed E-state index contributed by atoms with van der Waals surface area (Å²) in [5.74, 6) is 0.100. The lowest BCUT2D eigenvalue weighted by molar-refractivity contribution is -0.120. The van der Waals surface area contributed by atoms with Gasteiger partial charge in [-0.1, -0.05) is 6.07 Å². The van der Waals surface area contributed by atoms with Gasteiger partial charge < -0.3 is 11.1 Å². The minimum atomic E-state index is 0.100. The van der Waals surface area contributed by atoms with E-state index in [1.807, 2.05) is 18.2 Å². The monoisotopic (exact) mass is 176 g/mol. The number of fused-ring (bicyclic) bond motifs is 1. The summed E-state index contributed by atoms with van der Waals surface area (Å²) in [7, 11) is 0. The van der Waals surface area contributed by atoms with Gasteiger partial charge in [-0.05, 0) is 29.7 Å². The Morgan fingerprint density at radius 1 is 1.31 bits per heavy atom. The second-order valence-corrected chi connectivity index (χ2v) is 3.30. The highest BCUT2D eigenvalue weighted by Gasteiger charge is 2.12. The zero-order valence-electron chi connectivity index (χ0n) is 7.34. The number of hydrogen-bond donors (Lipinski definition) is 2. The van der Waals surface area contributed by atoms with E-state index < -0.39 is 0 Å². The van der Waals surface area contributed by atoms with Gasteiger partial charge in [-0.25, -0.2) is 0 Å². The summed E-state index contributed by atoms with van der Waals surface area (Å²) in [6.07, 6.45) is 1.36. The van der Waals surface area contributed by atoms with Crippen molar-refractivity contribution in [1.82, 2.24) is 5.32 Å². The fraction of sp³-hybridized carbons (Fsp3) is 0.300. The van der Waals surface area contributed by atoms with Crippen LogP contribution in [0.25, 0.3) is 0 Å². The maximum atomic E-state index is 11.2. The van der Waals surface area contributed by atoms with Crippen LogP contribution in [-0.2, 0) is 17.6 Å². The van der Waals surface area contributed by atoms with Gasteiger partial charge in [-0.2, -0.15) is 0 Å². The highest BCUT2D eigenvalue weighted by atomic mass is 16.1. The van der Waals surface area contributed by atoms with E-state index in [4.69, 9.17) is 5.73 Å². The first kappa shape index (κ1) is 8.10. The Bertz CT molecular complexity index is 347. The summed E-state index contributed by atoms with van der Waals surface area (Å²) in [5, 5.41) is 2.83. The van der Waals surface area contributed by atoms with Gasteiger partial charge in [-0.3, -0.25) is 4.79 Å². The Labute approximate surface area is 76.9 Å². The fourth-order valence-electron chi connectivity index (χ4n) is 1.62. The van der Waals surface area contributed by atoms with Crippen molar-refractivity contribution in [2.45, 2.75) is 12.8 Å². The Morgan fingerprint density at radius 3 is 3.00 bits per heavy atom. The van der Waals surface area contributed by atoms with Crippen molar-refractivity contribution in [2.24, 2.45) is 0 Å². The van der Waals surface area contributed by atoms with E-state index in [1.54, 1.807) is 0 Å². The maximum absolute atomic E-state index is 11.2. The third-order valence-corrected chi connectivity index (χ3v) is 2.30. The molecule has 3 N–H and O–H groups in total. The number of anilines is 1. The summed E-state index contributed by atoms with van der Waals surface area (Å²) in [6, 6.07) is 5.74. The average molecular weight is 176 g/mol. The average Bonchev–Trinajstić information content (AvgIpc) is 2.25. The van der Waals surface area contributed by atoms with Crippen LogP contribution >= 0.6 is 0 Å². The van der Waals surface area contributed by atoms with E-state index in [-0.39, 0.29) is 5.91 Å². The lowest BCUT2D eigenvalue weighted by Crippen LogP contribution is -2.24. The van der Waals surface area contributed by atoms with Crippen LogP contribution < -0.4 is 11.1 Å². The number of rotatable bonds is 0. The number of carbonyl (C=O) groups excluding carboxylic acids is 1. The molecule has 68 valence electrons. The first-order chi connectivity index (χ1) is 6.25. The third-order valence-electron chi connectivity index (χ3n) is 2.30. The van der Waals surface area contributed by atoms with E-state index in [1.165, 1.54) is 5.56 Å². The quantitative estimate of drug-likeness (QED) is 0.565. The van der Waals surface area contributed by atoms with Crippen molar-refractivity contribution < 1.29 is 4.79 Å². The molecule has 0 saturated heterocycles. The SMILES string of the molecule is Nc1ccc2c(c1)CCNC(=O)C2. The molecule has 0 atom stereocenters. The molecule has 3 nitrogen and oxygen atoms in total. The largest absolute Gasteiger partial charge is 0.399 e. The number of hydrogen-bond acceptors (Lipinski definition) is 2. The number of carbonyl (C=O) groups is 1. The highest BCUT2D eigenvalue weighted by molar-refractivity contribution is 5.79. The van der Waals surface area contributed by atoms with Crippen LogP contribution in [-0.4, -0.2) is 12.5 Å². The minimum absolute atomic E-state index is 0.100. The number of nitrogens with one attached hydrogen (secondary N) is 1. The zero-order chi connectivity index (χ0) is 9.26. The van der Waals surface area contributed by atoms with Gasteiger partial charge in [0.05, 0.1) is 6.42 Å². The summed E-state index contributed by atoms with van der Waals surface area (Å²) < 4.78 is 0. The fourth-order valence-corrected chi connectivity index (χ4v) is 1.62. The lowest BCUT2D eigenvalue weighted by atomic mass is 10.0. The van der Waals surface area contributed by atoms with Crippen molar-refractivity contribution in [3.8, 4) is 0 Å². The van der Waals surface area contributed by atoms with E-state index in [2.05, 4.69) is 5.32 Å². The molecule has 1 amide bonds. The van der Waals surface area contributed by atoms with Gasteiger partial charge in [0.25, 0.3) is 0 Å². The predicted molar refractivity (Wildman–Crippen MR) is 51.3 cm³/mol. The molecule has 1 aliphatic rings. The molecular weight excluding hydrogens is 164 g/mol. The summed E-state index contributed by atoms with van der Waals surface area (Å²) in [5.41, 5.74) is 8.73. The highest BCUT2D eigenvalue weighted by Crippen LogP contribution is 2.16. The first-order valence-electron chi connectivity index (χ1n) is 4.40. The van der Waals surface area contributed by atoms with Crippen molar-refractivity contribution in [1.29, 1.82) is 0 Å². The molecular formula is C10H12N2O. The molecule has 0 radical (unpaired) electrons. The van der Waals surface area contributed by atoms with Crippen molar-refractivity contribution in [3.63, 3.8) is 0 Å². The van der Waals surface area contributed by atoms with Crippen LogP contribution in [0, 0.1) is 0 Å². The van der Waals surface area contributed by atoms with Gasteiger partial charge in [0.1, 0.15) is 0 Å². The summed E-state index contributed by atoms with van der Waals surface area (Å²) in [6.45, 7) is 0.718. The molecule has 0 spiro atoms. The molecule has 1 aromatic rings. The third kappa shape index (κ3) is 1.64. The van der Waals surface area contributed by atoms with Gasteiger partial charge >= 0.3 is 0 Å².